The van der Waals surface area contributed by atoms with Crippen molar-refractivity contribution in [2.75, 3.05) is 12.3 Å². The molecule has 0 unspecified atom stereocenters. The van der Waals surface area contributed by atoms with Gasteiger partial charge in [0.1, 0.15) is 0 Å². The number of rotatable bonds is 0. The van der Waals surface area contributed by atoms with Crippen molar-refractivity contribution in [2.45, 2.75) is 32.1 Å². The van der Waals surface area contributed by atoms with Crippen molar-refractivity contribution in [2.24, 2.45) is 0 Å². The van der Waals surface area contributed by atoms with Crippen LogP contribution >= 0.6 is 21.8 Å². The molecule has 72 valence electrons. The second-order valence-electron chi connectivity index (χ2n) is 2.83. The molecule has 0 aromatic heterocycles. The molecule has 5 heteroatoms. The van der Waals surface area contributed by atoms with Gasteiger partial charge in [0.05, 0.1) is 0 Å². The molecule has 3 N–H and O–H groups in total. The third-order valence-corrected chi connectivity index (χ3v) is 3.63. The molecule has 12 heavy (non-hydrogen) atoms. The second kappa shape index (κ2) is 8.19. The normalized spacial score (nSPS) is 24.0. The highest BCUT2D eigenvalue weighted by Crippen LogP contribution is 2.18. The molecule has 0 amide bonds. The molecular formula is C7H17N3S2. The lowest BCUT2D eigenvalue weighted by Gasteiger charge is -2.09. The first-order valence-corrected chi connectivity index (χ1v) is 6.83. The molecule has 0 aromatic carbocycles. The lowest BCUT2D eigenvalue weighted by atomic mass is 10.1. The molecule has 3 nitrogen and oxygen atoms in total. The topological polar surface area (TPSA) is 36.1 Å². The van der Waals surface area contributed by atoms with Crippen molar-refractivity contribution in [3.63, 3.8) is 0 Å². The number of hydrogen-bond acceptors (Lipinski definition) is 5. The molecule has 1 heterocycles. The Morgan fingerprint density at radius 2 is 1.75 bits per heavy atom. The van der Waals surface area contributed by atoms with Gasteiger partial charge in [0, 0.05) is 23.3 Å². The van der Waals surface area contributed by atoms with Gasteiger partial charge in [-0.2, -0.15) is 10.4 Å². The van der Waals surface area contributed by atoms with Gasteiger partial charge in [-0.3, -0.25) is 0 Å². The first-order chi connectivity index (χ1) is 6.00. The minimum atomic E-state index is 1.05. The molecule has 0 radical (unpaired) electrons. The fourth-order valence-corrected chi connectivity index (χ4v) is 2.58. The molecule has 1 aliphatic rings. The van der Waals surface area contributed by atoms with Crippen LogP contribution in [0.3, 0.4) is 0 Å². The van der Waals surface area contributed by atoms with E-state index in [0.717, 1.165) is 6.54 Å². The van der Waals surface area contributed by atoms with Crippen LogP contribution < -0.4 is 15.8 Å². The Hall–Kier alpha value is 0.580. The summed E-state index contributed by atoms with van der Waals surface area (Å²) in [7, 11) is 3.53. The Morgan fingerprint density at radius 1 is 0.917 bits per heavy atom. The highest BCUT2D eigenvalue weighted by molar-refractivity contribution is 8.75. The van der Waals surface area contributed by atoms with E-state index < -0.39 is 0 Å². The number of hydrogen-bond donors (Lipinski definition) is 3. The van der Waals surface area contributed by atoms with Gasteiger partial charge < -0.3 is 0 Å². The Bertz CT molecular complexity index is 59.6. The molecule has 1 aliphatic heterocycles. The Labute approximate surface area is 82.3 Å². The maximum atomic E-state index is 3.11. The summed E-state index contributed by atoms with van der Waals surface area (Å²) >= 11 is 0. The van der Waals surface area contributed by atoms with Gasteiger partial charge in [-0.25, -0.2) is 5.43 Å². The van der Waals surface area contributed by atoms with E-state index in [2.05, 4.69) is 15.8 Å². The summed E-state index contributed by atoms with van der Waals surface area (Å²) in [5.41, 5.74) is 6.05. The highest BCUT2D eigenvalue weighted by atomic mass is 33.1. The van der Waals surface area contributed by atoms with Crippen molar-refractivity contribution in [1.82, 2.24) is 15.8 Å². The zero-order chi connectivity index (χ0) is 8.49. The molecule has 1 rings (SSSR count). The third-order valence-electron chi connectivity index (χ3n) is 1.77. The van der Waals surface area contributed by atoms with E-state index in [-0.39, 0.29) is 0 Å². The molecule has 1 fully saturated rings. The van der Waals surface area contributed by atoms with E-state index in [1.807, 2.05) is 10.8 Å². The summed E-state index contributed by atoms with van der Waals surface area (Å²) < 4.78 is 0. The van der Waals surface area contributed by atoms with Crippen LogP contribution in [0, 0.1) is 0 Å². The predicted molar refractivity (Wildman–Crippen MR) is 57.4 cm³/mol. The van der Waals surface area contributed by atoms with Crippen molar-refractivity contribution in [1.29, 1.82) is 0 Å². The van der Waals surface area contributed by atoms with E-state index in [4.69, 9.17) is 0 Å². The minimum absolute atomic E-state index is 1.05. The summed E-state index contributed by atoms with van der Waals surface area (Å²) in [6.45, 7) is 1.05. The van der Waals surface area contributed by atoms with Crippen molar-refractivity contribution in [3.05, 3.63) is 0 Å². The van der Waals surface area contributed by atoms with Crippen molar-refractivity contribution < 1.29 is 0 Å². The van der Waals surface area contributed by atoms with Gasteiger partial charge in [0.2, 0.25) is 0 Å². The van der Waals surface area contributed by atoms with Gasteiger partial charge in [-0.05, 0) is 12.8 Å². The summed E-state index contributed by atoms with van der Waals surface area (Å²) in [5, 5.41) is 0. The Morgan fingerprint density at radius 3 is 2.75 bits per heavy atom. The molecule has 0 saturated carbocycles. The molecule has 0 bridgehead atoms. The third kappa shape index (κ3) is 6.14. The van der Waals surface area contributed by atoms with Crippen LogP contribution in [0.1, 0.15) is 32.1 Å². The summed E-state index contributed by atoms with van der Waals surface area (Å²) in [5.74, 6) is 1.25. The molecule has 1 saturated heterocycles. The molecule has 0 aromatic rings. The van der Waals surface area contributed by atoms with Crippen LogP contribution in [0.2, 0.25) is 0 Å². The van der Waals surface area contributed by atoms with E-state index >= 15 is 0 Å². The molecule has 0 spiro atoms. The number of hydrazine groups is 2. The first kappa shape index (κ1) is 10.7. The van der Waals surface area contributed by atoms with E-state index in [1.165, 1.54) is 37.9 Å². The zero-order valence-corrected chi connectivity index (χ0v) is 8.90. The molecule has 0 atom stereocenters. The fourth-order valence-electron chi connectivity index (χ4n) is 1.10. The SMILES string of the molecule is C1CCCNNNSSCCC1. The van der Waals surface area contributed by atoms with Crippen LogP contribution in [0.25, 0.3) is 0 Å². The highest BCUT2D eigenvalue weighted by Gasteiger charge is 1.94. The fraction of sp³-hybridized carbons (Fsp3) is 1.00. The predicted octanol–water partition coefficient (Wildman–Crippen LogP) is 1.85. The lowest BCUT2D eigenvalue weighted by molar-refractivity contribution is 0.495. The maximum absolute atomic E-state index is 3.11. The van der Waals surface area contributed by atoms with E-state index in [1.54, 1.807) is 11.0 Å². The van der Waals surface area contributed by atoms with Crippen LogP contribution in [0.4, 0.5) is 0 Å². The van der Waals surface area contributed by atoms with Gasteiger partial charge in [0.25, 0.3) is 0 Å². The van der Waals surface area contributed by atoms with Gasteiger partial charge in [0.15, 0.2) is 0 Å². The Kier molecular flexibility index (Phi) is 7.28. The van der Waals surface area contributed by atoms with E-state index in [9.17, 15) is 0 Å². The van der Waals surface area contributed by atoms with Crippen LogP contribution in [-0.4, -0.2) is 12.3 Å². The summed E-state index contributed by atoms with van der Waals surface area (Å²) in [6, 6.07) is 0. The van der Waals surface area contributed by atoms with Gasteiger partial charge in [-0.1, -0.05) is 30.1 Å². The van der Waals surface area contributed by atoms with Crippen molar-refractivity contribution >= 4 is 21.8 Å². The van der Waals surface area contributed by atoms with Gasteiger partial charge in [-0.15, -0.1) is 0 Å². The Balaban J connectivity index is 2.00. The average Bonchev–Trinajstić information content (AvgIpc) is 2.05. The minimum Gasteiger partial charge on any atom is -0.243 e. The van der Waals surface area contributed by atoms with E-state index in [0.29, 0.717) is 0 Å². The van der Waals surface area contributed by atoms with Crippen LogP contribution in [0.15, 0.2) is 0 Å². The lowest BCUT2D eigenvalue weighted by Crippen LogP contribution is -2.39. The number of nitrogens with one attached hydrogen (secondary N) is 3. The van der Waals surface area contributed by atoms with Crippen molar-refractivity contribution in [3.8, 4) is 0 Å². The largest absolute Gasteiger partial charge is 0.243 e. The first-order valence-electron chi connectivity index (χ1n) is 4.51. The van der Waals surface area contributed by atoms with Crippen LogP contribution in [-0.2, 0) is 0 Å². The van der Waals surface area contributed by atoms with Crippen LogP contribution in [0.5, 0.6) is 0 Å². The quantitative estimate of drug-likeness (QED) is 0.417. The summed E-state index contributed by atoms with van der Waals surface area (Å²) in [4.78, 5) is 3.02. The van der Waals surface area contributed by atoms with Gasteiger partial charge >= 0.3 is 0 Å². The zero-order valence-electron chi connectivity index (χ0n) is 7.27. The molecule has 0 aliphatic carbocycles. The smallest absolute Gasteiger partial charge is 0.0113 e. The summed E-state index contributed by atoms with van der Waals surface area (Å²) in [6.07, 6.45) is 6.76. The standard InChI is InChI=1S/C7H17N3S2/c1-2-4-6-8-9-10-12-11-7-5-3-1/h8-10H,1-7H2. The maximum Gasteiger partial charge on any atom is 0.0113 e. The molecular weight excluding hydrogens is 190 g/mol. The second-order valence-corrected chi connectivity index (χ2v) is 5.05. The average molecular weight is 207 g/mol. The monoisotopic (exact) mass is 207 g/mol.